The number of hydrogen-bond donors (Lipinski definition) is 3. The molecule has 3 N–H and O–H groups in total. The van der Waals surface area contributed by atoms with Crippen molar-refractivity contribution in [1.82, 2.24) is 9.55 Å². The number of carbonyl (C=O) groups is 2. The minimum Gasteiger partial charge on any atom is -0.384 e. The summed E-state index contributed by atoms with van der Waals surface area (Å²) < 4.78 is 50.8. The maximum Gasteiger partial charge on any atom is 0.475 e. The highest BCUT2D eigenvalue weighted by Gasteiger charge is 2.63. The zero-order valence-electron chi connectivity index (χ0n) is 24.0. The number of phosphoric ester groups is 1. The third kappa shape index (κ3) is 9.57. The zero-order chi connectivity index (χ0) is 31.4. The Bertz CT molecular complexity index is 1220. The Balaban J connectivity index is 2.16. The predicted molar refractivity (Wildman–Crippen MR) is 151 cm³/mol. The molecule has 41 heavy (non-hydrogen) atoms. The lowest BCUT2D eigenvalue weighted by Gasteiger charge is -2.28. The number of hydrogen-bond acceptors (Lipinski definition) is 13. The van der Waals surface area contributed by atoms with Crippen molar-refractivity contribution in [3.63, 3.8) is 0 Å². The fourth-order valence-corrected chi connectivity index (χ4v) is 6.29. The van der Waals surface area contributed by atoms with E-state index in [1.54, 1.807) is 41.5 Å². The van der Waals surface area contributed by atoms with Gasteiger partial charge in [0.2, 0.25) is 0 Å². The smallest absolute Gasteiger partial charge is 0.384 e. The molecule has 0 aliphatic carbocycles. The Hall–Kier alpha value is -1.36. The first kappa shape index (κ1) is 35.8. The van der Waals surface area contributed by atoms with Gasteiger partial charge >= 0.3 is 13.5 Å². The Morgan fingerprint density at radius 3 is 2.00 bits per heavy atom. The number of aromatic amines is 1. The molecule has 1 aromatic rings. The van der Waals surface area contributed by atoms with E-state index in [9.17, 15) is 34.0 Å². The SMILES string of the molecule is CC(C)(C)C(=O)SCCOP(=O)(OCCSC(=O)C(C)(C)C)OC[C@@]1(F)O[C@@H](n2ccc(=O)[nH]c2=O)[C@](C)(O)[C@@H]1O. The minimum absolute atomic E-state index is 0.0654. The summed E-state index contributed by atoms with van der Waals surface area (Å²) in [4.78, 5) is 49.8. The fourth-order valence-electron chi connectivity index (χ4n) is 3.28. The number of aliphatic hydroxyl groups is 2. The molecule has 0 spiro atoms. The van der Waals surface area contributed by atoms with Gasteiger partial charge in [-0.3, -0.25) is 37.5 Å². The number of alkyl halides is 1. The van der Waals surface area contributed by atoms with Gasteiger partial charge in [0.25, 0.3) is 11.4 Å². The average molecular weight is 645 g/mol. The van der Waals surface area contributed by atoms with Gasteiger partial charge in [0, 0.05) is 34.6 Å². The Morgan fingerprint density at radius 2 is 1.56 bits per heavy atom. The summed E-state index contributed by atoms with van der Waals surface area (Å²) in [5.74, 6) is -3.08. The first-order chi connectivity index (χ1) is 18.6. The van der Waals surface area contributed by atoms with E-state index < -0.39 is 60.3 Å². The van der Waals surface area contributed by atoms with Gasteiger partial charge in [-0.2, -0.15) is 0 Å². The van der Waals surface area contributed by atoms with Crippen molar-refractivity contribution in [3.05, 3.63) is 33.1 Å². The highest BCUT2D eigenvalue weighted by Crippen LogP contribution is 2.53. The van der Waals surface area contributed by atoms with Crippen LogP contribution < -0.4 is 11.2 Å². The molecule has 1 fully saturated rings. The normalized spacial score (nSPS) is 25.4. The molecule has 0 saturated carbocycles. The summed E-state index contributed by atoms with van der Waals surface area (Å²) in [7, 11) is -4.57. The van der Waals surface area contributed by atoms with Crippen LogP contribution in [0.3, 0.4) is 0 Å². The van der Waals surface area contributed by atoms with Crippen LogP contribution >= 0.6 is 31.3 Å². The van der Waals surface area contributed by atoms with Gasteiger partial charge in [-0.25, -0.2) is 13.8 Å². The van der Waals surface area contributed by atoms with Crippen LogP contribution in [0.25, 0.3) is 0 Å². The van der Waals surface area contributed by atoms with E-state index in [1.165, 1.54) is 0 Å². The lowest BCUT2D eigenvalue weighted by molar-refractivity contribution is -0.205. The molecule has 0 bridgehead atoms. The Morgan fingerprint density at radius 1 is 1.07 bits per heavy atom. The van der Waals surface area contributed by atoms with Crippen molar-refractivity contribution < 1.29 is 47.1 Å². The molecule has 17 heteroatoms. The van der Waals surface area contributed by atoms with E-state index in [0.29, 0.717) is 4.57 Å². The highest BCUT2D eigenvalue weighted by atomic mass is 32.2. The van der Waals surface area contributed by atoms with Crippen LogP contribution in [0, 0.1) is 10.8 Å². The molecule has 0 unspecified atom stereocenters. The largest absolute Gasteiger partial charge is 0.475 e. The molecule has 0 aromatic carbocycles. The lowest BCUT2D eigenvalue weighted by Crippen LogP contribution is -2.50. The number of H-pyrrole nitrogens is 1. The molecular formula is C24H38FN2O11PS2. The number of ether oxygens (including phenoxy) is 1. The van der Waals surface area contributed by atoms with Crippen molar-refractivity contribution in [2.24, 2.45) is 10.8 Å². The van der Waals surface area contributed by atoms with Crippen molar-refractivity contribution in [2.75, 3.05) is 31.3 Å². The van der Waals surface area contributed by atoms with Gasteiger partial charge in [-0.05, 0) is 6.92 Å². The quantitative estimate of drug-likeness (QED) is 0.223. The summed E-state index contributed by atoms with van der Waals surface area (Å²) in [5.41, 5.74) is -5.45. The molecule has 2 rings (SSSR count). The molecule has 1 aliphatic heterocycles. The molecule has 13 nitrogen and oxygen atoms in total. The molecule has 0 amide bonds. The van der Waals surface area contributed by atoms with E-state index in [1.807, 2.05) is 4.98 Å². The van der Waals surface area contributed by atoms with Gasteiger partial charge in [-0.15, -0.1) is 0 Å². The van der Waals surface area contributed by atoms with E-state index in [0.717, 1.165) is 42.7 Å². The minimum atomic E-state index is -4.57. The number of nitrogens with one attached hydrogen (secondary N) is 1. The van der Waals surface area contributed by atoms with Gasteiger partial charge in [-0.1, -0.05) is 65.1 Å². The predicted octanol–water partition coefficient (Wildman–Crippen LogP) is 2.61. The number of nitrogens with zero attached hydrogens (tertiary/aromatic N) is 1. The summed E-state index contributed by atoms with van der Waals surface area (Å²) in [6, 6.07) is 0.933. The molecule has 234 valence electrons. The number of aromatic nitrogens is 2. The molecule has 1 aliphatic rings. The topological polar surface area (TPSA) is 183 Å². The second-order valence-electron chi connectivity index (χ2n) is 11.6. The fraction of sp³-hybridized carbons (Fsp3) is 0.750. The number of aliphatic hydroxyl groups excluding tert-OH is 1. The number of phosphoric acid groups is 1. The summed E-state index contributed by atoms with van der Waals surface area (Å²) in [5, 5.41) is 21.1. The van der Waals surface area contributed by atoms with Crippen LogP contribution in [0.5, 0.6) is 0 Å². The maximum atomic E-state index is 15.9. The molecular weight excluding hydrogens is 606 g/mol. The highest BCUT2D eigenvalue weighted by molar-refractivity contribution is 8.14. The molecule has 4 atom stereocenters. The van der Waals surface area contributed by atoms with Crippen LogP contribution in [0.2, 0.25) is 0 Å². The van der Waals surface area contributed by atoms with Crippen LogP contribution in [0.1, 0.15) is 54.7 Å². The van der Waals surface area contributed by atoms with E-state index in [-0.39, 0.29) is 35.0 Å². The van der Waals surface area contributed by atoms with Crippen molar-refractivity contribution in [2.45, 2.75) is 72.3 Å². The van der Waals surface area contributed by atoms with Gasteiger partial charge < -0.3 is 14.9 Å². The van der Waals surface area contributed by atoms with E-state index in [4.69, 9.17) is 18.3 Å². The zero-order valence-corrected chi connectivity index (χ0v) is 26.5. The third-order valence-electron chi connectivity index (χ3n) is 5.65. The second-order valence-corrected chi connectivity index (χ2v) is 15.4. The van der Waals surface area contributed by atoms with Gasteiger partial charge in [0.15, 0.2) is 16.5 Å². The lowest BCUT2D eigenvalue weighted by atomic mass is 9.95. The van der Waals surface area contributed by atoms with Crippen LogP contribution in [0.4, 0.5) is 4.39 Å². The first-order valence-corrected chi connectivity index (χ1v) is 16.0. The van der Waals surface area contributed by atoms with Crippen LogP contribution in [-0.4, -0.2) is 78.9 Å². The summed E-state index contributed by atoms with van der Waals surface area (Å²) >= 11 is 1.86. The van der Waals surface area contributed by atoms with Crippen molar-refractivity contribution in [1.29, 1.82) is 0 Å². The van der Waals surface area contributed by atoms with Crippen LogP contribution in [-0.2, 0) is 32.5 Å². The molecule has 1 aromatic heterocycles. The Labute approximate surface area is 245 Å². The van der Waals surface area contributed by atoms with E-state index in [2.05, 4.69) is 0 Å². The third-order valence-corrected chi connectivity index (χ3v) is 9.58. The average Bonchev–Trinajstić information content (AvgIpc) is 3.02. The maximum absolute atomic E-state index is 15.9. The summed E-state index contributed by atoms with van der Waals surface area (Å²) in [6.07, 6.45) is -3.17. The van der Waals surface area contributed by atoms with Crippen molar-refractivity contribution in [3.8, 4) is 0 Å². The number of halogens is 1. The molecule has 0 radical (unpaired) electrons. The summed E-state index contributed by atoms with van der Waals surface area (Å²) in [6.45, 7) is 9.52. The standard InChI is InChI=1S/C24H38FN2O11PS2/c1-21(2,3)18(30)40-12-10-35-39(34,36-11-13-41-19(31)22(4,5)6)37-14-24(25)16(29)23(7,33)17(38-24)27-9-8-15(28)26-20(27)32/h8-9,16-17,29,33H,10-14H2,1-7H3,(H,26,28,32)/t16-,17+,23+,24+/m0/s1. The second kappa shape index (κ2) is 13.5. The van der Waals surface area contributed by atoms with Gasteiger partial charge in [0.1, 0.15) is 18.3 Å². The molecule has 1 saturated heterocycles. The number of rotatable bonds is 12. The monoisotopic (exact) mass is 644 g/mol. The first-order valence-electron chi connectivity index (χ1n) is 12.6. The van der Waals surface area contributed by atoms with Crippen LogP contribution in [0.15, 0.2) is 21.9 Å². The van der Waals surface area contributed by atoms with E-state index >= 15 is 4.39 Å². The molecule has 2 heterocycles. The number of carbonyl (C=O) groups excluding carboxylic acids is 2. The Kier molecular flexibility index (Phi) is 11.8. The number of thioether (sulfide) groups is 2. The van der Waals surface area contributed by atoms with Gasteiger partial charge in [0.05, 0.1) is 13.2 Å². The van der Waals surface area contributed by atoms with Crippen molar-refractivity contribution >= 4 is 41.6 Å².